The summed E-state index contributed by atoms with van der Waals surface area (Å²) in [5, 5.41) is 4.35. The predicted octanol–water partition coefficient (Wildman–Crippen LogP) is 0.506. The van der Waals surface area contributed by atoms with Crippen molar-refractivity contribution in [1.29, 1.82) is 0 Å². The topological polar surface area (TPSA) is 70.1 Å². The first-order chi connectivity index (χ1) is 7.30. The molecule has 0 saturated heterocycles. The second-order valence-corrected chi connectivity index (χ2v) is 4.52. The maximum atomic E-state index is 11.4. The second-order valence-electron chi connectivity index (χ2n) is 4.52. The maximum Gasteiger partial charge on any atom is 0.323 e. The van der Waals surface area contributed by atoms with Gasteiger partial charge in [-0.05, 0) is 13.0 Å². The van der Waals surface area contributed by atoms with Gasteiger partial charge in [-0.3, -0.25) is 9.48 Å². The predicted molar refractivity (Wildman–Crippen MR) is 61.0 cm³/mol. The van der Waals surface area contributed by atoms with Crippen LogP contribution in [-0.4, -0.2) is 28.9 Å². The van der Waals surface area contributed by atoms with Gasteiger partial charge in [-0.2, -0.15) is 5.10 Å². The van der Waals surface area contributed by atoms with E-state index >= 15 is 0 Å². The third-order valence-corrected chi connectivity index (χ3v) is 3.01. The van der Waals surface area contributed by atoms with Crippen molar-refractivity contribution < 1.29 is 9.53 Å². The fraction of sp³-hybridized carbons (Fsp3) is 0.636. The summed E-state index contributed by atoms with van der Waals surface area (Å²) in [6, 6.07) is 1.22. The number of ether oxygens (including phenoxy) is 1. The minimum absolute atomic E-state index is 0.423. The van der Waals surface area contributed by atoms with E-state index in [2.05, 4.69) is 9.84 Å². The lowest BCUT2D eigenvalue weighted by molar-refractivity contribution is -0.143. The van der Waals surface area contributed by atoms with Gasteiger partial charge in [0.2, 0.25) is 0 Å². The standard InChI is InChI=1S/C11H19N3O2/c1-7-6-8(13-14(7)4)11(2,3)9(12)10(15)16-5/h6,9H,12H2,1-5H3. The van der Waals surface area contributed by atoms with Crippen LogP contribution < -0.4 is 5.73 Å². The normalized spacial score (nSPS) is 13.6. The molecule has 16 heavy (non-hydrogen) atoms. The molecule has 0 fully saturated rings. The summed E-state index contributed by atoms with van der Waals surface area (Å²) in [4.78, 5) is 11.4. The molecule has 5 heteroatoms. The molecular formula is C11H19N3O2. The van der Waals surface area contributed by atoms with Gasteiger partial charge < -0.3 is 10.5 Å². The third-order valence-electron chi connectivity index (χ3n) is 3.01. The van der Waals surface area contributed by atoms with E-state index in [4.69, 9.17) is 5.73 Å². The number of hydrogen-bond acceptors (Lipinski definition) is 4. The zero-order valence-corrected chi connectivity index (χ0v) is 10.4. The van der Waals surface area contributed by atoms with E-state index in [1.54, 1.807) is 4.68 Å². The number of carbonyl (C=O) groups is 1. The van der Waals surface area contributed by atoms with E-state index in [1.807, 2.05) is 33.9 Å². The summed E-state index contributed by atoms with van der Waals surface area (Å²) < 4.78 is 6.42. The summed E-state index contributed by atoms with van der Waals surface area (Å²) in [5.41, 5.74) is 7.16. The minimum atomic E-state index is -0.716. The van der Waals surface area contributed by atoms with Gasteiger partial charge in [-0.1, -0.05) is 13.8 Å². The molecule has 1 heterocycles. The van der Waals surface area contributed by atoms with Crippen molar-refractivity contribution in [2.45, 2.75) is 32.2 Å². The van der Waals surface area contributed by atoms with Gasteiger partial charge in [0.05, 0.1) is 12.8 Å². The van der Waals surface area contributed by atoms with Gasteiger partial charge in [0, 0.05) is 18.2 Å². The third kappa shape index (κ3) is 2.09. The first kappa shape index (κ1) is 12.7. The fourth-order valence-electron chi connectivity index (χ4n) is 1.46. The average molecular weight is 225 g/mol. The molecule has 1 unspecified atom stereocenters. The summed E-state index contributed by atoms with van der Waals surface area (Å²) >= 11 is 0. The largest absolute Gasteiger partial charge is 0.468 e. The highest BCUT2D eigenvalue weighted by atomic mass is 16.5. The number of nitrogens with two attached hydrogens (primary N) is 1. The second kappa shape index (κ2) is 4.25. The summed E-state index contributed by atoms with van der Waals surface area (Å²) in [5.74, 6) is -0.423. The van der Waals surface area contributed by atoms with Crippen molar-refractivity contribution >= 4 is 5.97 Å². The first-order valence-electron chi connectivity index (χ1n) is 5.15. The summed E-state index contributed by atoms with van der Waals surface area (Å²) in [7, 11) is 3.19. The number of rotatable bonds is 3. The van der Waals surface area contributed by atoms with Crippen molar-refractivity contribution in [2.24, 2.45) is 12.8 Å². The van der Waals surface area contributed by atoms with Crippen LogP contribution in [0.1, 0.15) is 25.2 Å². The molecule has 0 bridgehead atoms. The van der Waals surface area contributed by atoms with E-state index in [1.165, 1.54) is 7.11 Å². The van der Waals surface area contributed by atoms with Crippen LogP contribution in [0.3, 0.4) is 0 Å². The smallest absolute Gasteiger partial charge is 0.323 e. The number of hydrogen-bond donors (Lipinski definition) is 1. The Morgan fingerprint density at radius 3 is 2.56 bits per heavy atom. The highest BCUT2D eigenvalue weighted by molar-refractivity contribution is 5.77. The van der Waals surface area contributed by atoms with Crippen LogP contribution in [0.4, 0.5) is 0 Å². The lowest BCUT2D eigenvalue weighted by Gasteiger charge is -2.27. The van der Waals surface area contributed by atoms with E-state index in [0.717, 1.165) is 11.4 Å². The molecule has 2 N–H and O–H groups in total. The molecule has 0 aliphatic rings. The number of esters is 1. The number of nitrogens with zero attached hydrogens (tertiary/aromatic N) is 2. The molecule has 0 aromatic carbocycles. The molecule has 0 spiro atoms. The van der Waals surface area contributed by atoms with Gasteiger partial charge in [0.1, 0.15) is 6.04 Å². The maximum absolute atomic E-state index is 11.4. The van der Waals surface area contributed by atoms with Crippen LogP contribution in [-0.2, 0) is 22.0 Å². The van der Waals surface area contributed by atoms with Gasteiger partial charge >= 0.3 is 5.97 Å². The molecular weight excluding hydrogens is 206 g/mol. The van der Waals surface area contributed by atoms with Crippen molar-refractivity contribution in [2.75, 3.05) is 7.11 Å². The molecule has 0 saturated carbocycles. The van der Waals surface area contributed by atoms with Crippen LogP contribution in [0.25, 0.3) is 0 Å². The molecule has 1 rings (SSSR count). The van der Waals surface area contributed by atoms with Crippen LogP contribution >= 0.6 is 0 Å². The van der Waals surface area contributed by atoms with Crippen LogP contribution in [0.2, 0.25) is 0 Å². The molecule has 1 aromatic rings. The number of aromatic nitrogens is 2. The Bertz CT molecular complexity index is 376. The van der Waals surface area contributed by atoms with Gasteiger partial charge in [0.25, 0.3) is 0 Å². The average Bonchev–Trinajstić information content (AvgIpc) is 2.57. The quantitative estimate of drug-likeness (QED) is 0.761. The Labute approximate surface area is 95.6 Å². The van der Waals surface area contributed by atoms with E-state index in [9.17, 15) is 4.79 Å². The van der Waals surface area contributed by atoms with Crippen LogP contribution in [0, 0.1) is 6.92 Å². The van der Waals surface area contributed by atoms with E-state index in [0.29, 0.717) is 0 Å². The van der Waals surface area contributed by atoms with Crippen molar-refractivity contribution in [1.82, 2.24) is 9.78 Å². The molecule has 0 aliphatic heterocycles. The van der Waals surface area contributed by atoms with Crippen molar-refractivity contribution in [3.8, 4) is 0 Å². The van der Waals surface area contributed by atoms with Gasteiger partial charge in [0.15, 0.2) is 0 Å². The monoisotopic (exact) mass is 225 g/mol. The highest BCUT2D eigenvalue weighted by Gasteiger charge is 2.36. The first-order valence-corrected chi connectivity index (χ1v) is 5.15. The van der Waals surface area contributed by atoms with Crippen LogP contribution in [0.15, 0.2) is 6.07 Å². The number of carbonyl (C=O) groups excluding carboxylic acids is 1. The van der Waals surface area contributed by atoms with Crippen molar-refractivity contribution in [3.63, 3.8) is 0 Å². The molecule has 1 aromatic heterocycles. The van der Waals surface area contributed by atoms with E-state index < -0.39 is 17.4 Å². The molecule has 0 aliphatic carbocycles. The Morgan fingerprint density at radius 1 is 1.62 bits per heavy atom. The highest BCUT2D eigenvalue weighted by Crippen LogP contribution is 2.26. The summed E-state index contributed by atoms with van der Waals surface area (Å²) in [6.45, 7) is 5.73. The summed E-state index contributed by atoms with van der Waals surface area (Å²) in [6.07, 6.45) is 0. The van der Waals surface area contributed by atoms with Crippen molar-refractivity contribution in [3.05, 3.63) is 17.5 Å². The Balaban J connectivity index is 3.05. The zero-order chi connectivity index (χ0) is 12.5. The Kier molecular flexibility index (Phi) is 3.38. The van der Waals surface area contributed by atoms with Gasteiger partial charge in [-0.25, -0.2) is 0 Å². The fourth-order valence-corrected chi connectivity index (χ4v) is 1.46. The Morgan fingerprint density at radius 2 is 2.19 bits per heavy atom. The molecule has 90 valence electrons. The molecule has 0 radical (unpaired) electrons. The SMILES string of the molecule is COC(=O)C(N)C(C)(C)c1cc(C)n(C)n1. The van der Waals surface area contributed by atoms with Crippen LogP contribution in [0.5, 0.6) is 0 Å². The number of methoxy groups -OCH3 is 1. The minimum Gasteiger partial charge on any atom is -0.468 e. The lowest BCUT2D eigenvalue weighted by Crippen LogP contribution is -2.47. The lowest BCUT2D eigenvalue weighted by atomic mass is 9.81. The number of aryl methyl sites for hydroxylation is 2. The van der Waals surface area contributed by atoms with Gasteiger partial charge in [-0.15, -0.1) is 0 Å². The Hall–Kier alpha value is -1.36. The molecule has 5 nitrogen and oxygen atoms in total. The van der Waals surface area contributed by atoms with E-state index in [-0.39, 0.29) is 0 Å². The molecule has 0 amide bonds. The zero-order valence-electron chi connectivity index (χ0n) is 10.4. The molecule has 1 atom stereocenters.